The van der Waals surface area contributed by atoms with Crippen LogP contribution in [0, 0.1) is 5.92 Å². The summed E-state index contributed by atoms with van der Waals surface area (Å²) in [6.07, 6.45) is 2.58. The molecule has 2 aromatic carbocycles. The SMILES string of the molecule is CC(C)(C)OC(=O)N1CCC(CNS(=O)(=O)c2ccc(C(=O)Nc3ccc(Cl)c(-c4ccccn4)c3)c(Cl)c2)CC1. The third kappa shape index (κ3) is 8.19. The number of pyridine rings is 1. The maximum atomic E-state index is 13.0. The number of hydrogen-bond acceptors (Lipinski definition) is 6. The summed E-state index contributed by atoms with van der Waals surface area (Å²) in [5.74, 6) is -0.433. The van der Waals surface area contributed by atoms with Crippen LogP contribution in [0.2, 0.25) is 10.0 Å². The number of benzene rings is 2. The van der Waals surface area contributed by atoms with E-state index in [1.165, 1.54) is 18.2 Å². The number of anilines is 1. The minimum absolute atomic E-state index is 0.00467. The van der Waals surface area contributed by atoms with Crippen molar-refractivity contribution in [2.24, 2.45) is 5.92 Å². The zero-order chi connectivity index (χ0) is 29.8. The molecule has 9 nitrogen and oxygen atoms in total. The molecule has 1 saturated heterocycles. The van der Waals surface area contributed by atoms with Crippen molar-refractivity contribution in [3.05, 3.63) is 76.4 Å². The first kappa shape index (κ1) is 30.8. The topological polar surface area (TPSA) is 118 Å². The van der Waals surface area contributed by atoms with Gasteiger partial charge in [-0.25, -0.2) is 17.9 Å². The van der Waals surface area contributed by atoms with Gasteiger partial charge in [-0.05, 0) is 88.1 Å². The average molecular weight is 620 g/mol. The van der Waals surface area contributed by atoms with Gasteiger partial charge >= 0.3 is 6.09 Å². The number of carbonyl (C=O) groups is 2. The van der Waals surface area contributed by atoms with Gasteiger partial charge in [-0.1, -0.05) is 29.3 Å². The van der Waals surface area contributed by atoms with Crippen molar-refractivity contribution >= 4 is 50.9 Å². The van der Waals surface area contributed by atoms with Crippen molar-refractivity contribution in [3.63, 3.8) is 0 Å². The summed E-state index contributed by atoms with van der Waals surface area (Å²) in [5, 5.41) is 3.25. The van der Waals surface area contributed by atoms with Crippen LogP contribution in [0.5, 0.6) is 0 Å². The van der Waals surface area contributed by atoms with Crippen molar-refractivity contribution in [2.45, 2.75) is 44.1 Å². The number of rotatable bonds is 7. The van der Waals surface area contributed by atoms with E-state index in [-0.39, 0.29) is 34.0 Å². The number of carbonyl (C=O) groups excluding carboxylic acids is 2. The fourth-order valence-electron chi connectivity index (χ4n) is 4.32. The second-order valence-corrected chi connectivity index (χ2v) is 13.3. The van der Waals surface area contributed by atoms with E-state index in [0.717, 1.165) is 0 Å². The smallest absolute Gasteiger partial charge is 0.410 e. The molecule has 0 spiro atoms. The van der Waals surface area contributed by atoms with Gasteiger partial charge in [-0.2, -0.15) is 0 Å². The Morgan fingerprint density at radius 1 is 1.02 bits per heavy atom. The summed E-state index contributed by atoms with van der Waals surface area (Å²) in [7, 11) is -3.87. The molecule has 0 atom stereocenters. The number of halogens is 2. The van der Waals surface area contributed by atoms with Gasteiger partial charge in [0.1, 0.15) is 5.60 Å². The van der Waals surface area contributed by atoms with E-state index in [1.807, 2.05) is 32.9 Å². The van der Waals surface area contributed by atoms with Crippen molar-refractivity contribution in [1.29, 1.82) is 0 Å². The molecule has 2 N–H and O–H groups in total. The summed E-state index contributed by atoms with van der Waals surface area (Å²) in [5.41, 5.74) is 1.34. The molecule has 2 heterocycles. The number of piperidine rings is 1. The summed E-state index contributed by atoms with van der Waals surface area (Å²) in [4.78, 5) is 31.1. The molecule has 0 aliphatic carbocycles. The van der Waals surface area contributed by atoms with Crippen LogP contribution in [0.3, 0.4) is 0 Å². The Kier molecular flexibility index (Phi) is 9.59. The quantitative estimate of drug-likeness (QED) is 0.324. The van der Waals surface area contributed by atoms with Crippen LogP contribution in [-0.2, 0) is 14.8 Å². The van der Waals surface area contributed by atoms with E-state index >= 15 is 0 Å². The normalized spacial score (nSPS) is 14.5. The third-order valence-electron chi connectivity index (χ3n) is 6.49. The monoisotopic (exact) mass is 618 g/mol. The predicted octanol–water partition coefficient (Wildman–Crippen LogP) is 6.23. The number of amides is 2. The molecule has 1 aliphatic rings. The van der Waals surface area contributed by atoms with Gasteiger partial charge in [-0.3, -0.25) is 9.78 Å². The van der Waals surface area contributed by atoms with Gasteiger partial charge < -0.3 is 15.0 Å². The molecule has 1 aliphatic heterocycles. The molecule has 1 fully saturated rings. The highest BCUT2D eigenvalue weighted by atomic mass is 35.5. The maximum Gasteiger partial charge on any atom is 0.410 e. The highest BCUT2D eigenvalue weighted by Crippen LogP contribution is 2.30. The Labute approximate surface area is 250 Å². The molecule has 0 saturated carbocycles. The van der Waals surface area contributed by atoms with E-state index < -0.39 is 21.5 Å². The highest BCUT2D eigenvalue weighted by Gasteiger charge is 2.28. The Morgan fingerprint density at radius 2 is 1.76 bits per heavy atom. The lowest BCUT2D eigenvalue weighted by Gasteiger charge is -2.33. The molecular formula is C29H32Cl2N4O5S. The molecule has 0 radical (unpaired) electrons. The van der Waals surface area contributed by atoms with Crippen LogP contribution in [0.25, 0.3) is 11.3 Å². The molecule has 0 bridgehead atoms. The summed E-state index contributed by atoms with van der Waals surface area (Å²) < 4.78 is 34.0. The fraction of sp³-hybridized carbons (Fsp3) is 0.345. The van der Waals surface area contributed by atoms with E-state index in [4.69, 9.17) is 27.9 Å². The Balaban J connectivity index is 1.36. The zero-order valence-corrected chi connectivity index (χ0v) is 25.3. The molecule has 4 rings (SSSR count). The molecule has 218 valence electrons. The summed E-state index contributed by atoms with van der Waals surface area (Å²) in [6, 6.07) is 14.4. The number of ether oxygens (including phenoxy) is 1. The van der Waals surface area contributed by atoms with Gasteiger partial charge in [0.05, 0.1) is 26.2 Å². The van der Waals surface area contributed by atoms with Crippen molar-refractivity contribution < 1.29 is 22.7 Å². The number of likely N-dealkylation sites (tertiary alicyclic amines) is 1. The van der Waals surface area contributed by atoms with E-state index in [2.05, 4.69) is 15.0 Å². The van der Waals surface area contributed by atoms with Gasteiger partial charge in [0.15, 0.2) is 0 Å². The Morgan fingerprint density at radius 3 is 2.39 bits per heavy atom. The second-order valence-electron chi connectivity index (χ2n) is 10.8. The van der Waals surface area contributed by atoms with Crippen LogP contribution < -0.4 is 10.0 Å². The van der Waals surface area contributed by atoms with E-state index in [9.17, 15) is 18.0 Å². The van der Waals surface area contributed by atoms with Gasteiger partial charge in [0, 0.05) is 37.1 Å². The number of nitrogens with zero attached hydrogens (tertiary/aromatic N) is 2. The zero-order valence-electron chi connectivity index (χ0n) is 23.0. The maximum absolute atomic E-state index is 13.0. The lowest BCUT2D eigenvalue weighted by Crippen LogP contribution is -2.43. The van der Waals surface area contributed by atoms with Gasteiger partial charge in [-0.15, -0.1) is 0 Å². The summed E-state index contributed by atoms with van der Waals surface area (Å²) in [6.45, 7) is 6.66. The van der Waals surface area contributed by atoms with Gasteiger partial charge in [0.2, 0.25) is 10.0 Å². The second kappa shape index (κ2) is 12.8. The Hall–Kier alpha value is -3.18. The van der Waals surface area contributed by atoms with Crippen molar-refractivity contribution in [2.75, 3.05) is 25.0 Å². The molecule has 0 unspecified atom stereocenters. The molecule has 41 heavy (non-hydrogen) atoms. The molecule has 1 aromatic heterocycles. The highest BCUT2D eigenvalue weighted by molar-refractivity contribution is 7.89. The van der Waals surface area contributed by atoms with Gasteiger partial charge in [0.25, 0.3) is 5.91 Å². The first-order chi connectivity index (χ1) is 19.3. The lowest BCUT2D eigenvalue weighted by atomic mass is 9.97. The van der Waals surface area contributed by atoms with Crippen LogP contribution in [0.15, 0.2) is 65.7 Å². The van der Waals surface area contributed by atoms with Crippen molar-refractivity contribution in [3.8, 4) is 11.3 Å². The van der Waals surface area contributed by atoms with Crippen molar-refractivity contribution in [1.82, 2.24) is 14.6 Å². The average Bonchev–Trinajstić information content (AvgIpc) is 2.92. The number of hydrogen-bond donors (Lipinski definition) is 2. The molecule has 2 amide bonds. The van der Waals surface area contributed by atoms with Crippen LogP contribution in [-0.4, -0.2) is 55.5 Å². The molecule has 3 aromatic rings. The predicted molar refractivity (Wildman–Crippen MR) is 160 cm³/mol. The van der Waals surface area contributed by atoms with E-state index in [1.54, 1.807) is 35.4 Å². The fourth-order valence-corrected chi connectivity index (χ4v) is 6.01. The lowest BCUT2D eigenvalue weighted by molar-refractivity contribution is 0.0185. The third-order valence-corrected chi connectivity index (χ3v) is 8.55. The first-order valence-corrected chi connectivity index (χ1v) is 15.4. The molecule has 12 heteroatoms. The largest absolute Gasteiger partial charge is 0.444 e. The standard InChI is InChI=1S/C29H32Cl2N4O5S/c1-29(2,3)40-28(37)35-14-11-19(12-15-35)18-33-41(38,39)21-8-9-22(25(31)17-21)27(36)34-20-7-10-24(30)23(16-20)26-6-4-5-13-32-26/h4-10,13,16-17,19,33H,11-12,14-15,18H2,1-3H3,(H,34,36). The number of nitrogens with one attached hydrogen (secondary N) is 2. The minimum atomic E-state index is -3.87. The minimum Gasteiger partial charge on any atom is -0.444 e. The number of aromatic nitrogens is 1. The van der Waals surface area contributed by atoms with E-state index in [0.29, 0.717) is 47.9 Å². The number of sulfonamides is 1. The van der Waals surface area contributed by atoms with Crippen LogP contribution in [0.4, 0.5) is 10.5 Å². The van der Waals surface area contributed by atoms with Crippen LogP contribution in [0.1, 0.15) is 44.0 Å². The van der Waals surface area contributed by atoms with Crippen LogP contribution >= 0.6 is 23.2 Å². The summed E-state index contributed by atoms with van der Waals surface area (Å²) >= 11 is 12.7. The molecular weight excluding hydrogens is 587 g/mol. The Bertz CT molecular complexity index is 1520. The first-order valence-electron chi connectivity index (χ1n) is 13.1.